The predicted molar refractivity (Wildman–Crippen MR) is 69.7 cm³/mol. The third-order valence-electron chi connectivity index (χ3n) is 2.69. The number of nitrogens with two attached hydrogens (primary N) is 2. The highest BCUT2D eigenvalue weighted by molar-refractivity contribution is 5.92. The molecule has 1 heterocycles. The number of carbonyl (C=O) groups is 2. The second-order valence-corrected chi connectivity index (χ2v) is 4.28. The van der Waals surface area contributed by atoms with Crippen molar-refractivity contribution >= 4 is 11.8 Å². The summed E-state index contributed by atoms with van der Waals surface area (Å²) in [5.41, 5.74) is 7.92. The Bertz CT molecular complexity index is 430. The number of hydrogen-bond donors (Lipinski definition) is 3. The fourth-order valence-electron chi connectivity index (χ4n) is 1.78. The molecular weight excluding hydrogens is 248 g/mol. The van der Waals surface area contributed by atoms with E-state index in [9.17, 15) is 9.59 Å². The van der Waals surface area contributed by atoms with Crippen molar-refractivity contribution in [3.05, 3.63) is 23.7 Å². The maximum Gasteiger partial charge on any atom is 0.301 e. The molecule has 19 heavy (non-hydrogen) atoms. The molecule has 0 atom stereocenters. The monoisotopic (exact) mass is 268 g/mol. The van der Waals surface area contributed by atoms with E-state index < -0.39 is 11.8 Å². The van der Waals surface area contributed by atoms with Crippen LogP contribution < -0.4 is 17.0 Å². The molecule has 0 radical (unpaired) electrons. The van der Waals surface area contributed by atoms with Crippen LogP contribution in [0.1, 0.15) is 35.9 Å². The topological polar surface area (TPSA) is 115 Å². The van der Waals surface area contributed by atoms with Crippen LogP contribution in [-0.4, -0.2) is 29.8 Å². The van der Waals surface area contributed by atoms with Crippen molar-refractivity contribution in [2.45, 2.75) is 26.3 Å². The summed E-state index contributed by atoms with van der Waals surface area (Å²) < 4.78 is 5.09. The molecule has 7 nitrogen and oxygen atoms in total. The average molecular weight is 268 g/mol. The number of amides is 2. The Morgan fingerprint density at radius 1 is 1.47 bits per heavy atom. The number of primary amides is 1. The zero-order chi connectivity index (χ0) is 14.3. The van der Waals surface area contributed by atoms with E-state index in [1.165, 1.54) is 6.26 Å². The summed E-state index contributed by atoms with van der Waals surface area (Å²) in [6.07, 6.45) is 3.38. The van der Waals surface area contributed by atoms with Gasteiger partial charge in [0.2, 0.25) is 5.91 Å². The zero-order valence-electron chi connectivity index (χ0n) is 11.0. The number of hydrazine groups is 1. The molecule has 0 fully saturated rings. The van der Waals surface area contributed by atoms with Crippen molar-refractivity contribution in [3.8, 4) is 0 Å². The number of unbranched alkanes of at least 4 members (excludes halogenated alkanes) is 1. The van der Waals surface area contributed by atoms with E-state index in [0.29, 0.717) is 12.1 Å². The van der Waals surface area contributed by atoms with E-state index in [1.807, 2.05) is 10.3 Å². The number of rotatable bonds is 8. The summed E-state index contributed by atoms with van der Waals surface area (Å²) >= 11 is 0. The van der Waals surface area contributed by atoms with Crippen LogP contribution in [0.25, 0.3) is 0 Å². The molecule has 5 N–H and O–H groups in total. The average Bonchev–Trinajstić information content (AvgIpc) is 2.82. The van der Waals surface area contributed by atoms with Crippen LogP contribution in [0.15, 0.2) is 16.7 Å². The summed E-state index contributed by atoms with van der Waals surface area (Å²) in [7, 11) is 0. The first-order valence-corrected chi connectivity index (χ1v) is 6.16. The van der Waals surface area contributed by atoms with Crippen molar-refractivity contribution in [2.75, 3.05) is 13.1 Å². The van der Waals surface area contributed by atoms with Gasteiger partial charge < -0.3 is 10.2 Å². The molecule has 0 saturated carbocycles. The minimum absolute atomic E-state index is 0.148. The van der Waals surface area contributed by atoms with E-state index in [1.54, 1.807) is 6.07 Å². The number of nitrogen functional groups attached to an aromatic ring is 1. The van der Waals surface area contributed by atoms with Crippen molar-refractivity contribution in [1.29, 1.82) is 0 Å². The van der Waals surface area contributed by atoms with Gasteiger partial charge in [-0.2, -0.15) is 0 Å². The Kier molecular flexibility index (Phi) is 6.04. The van der Waals surface area contributed by atoms with Gasteiger partial charge in [-0.15, -0.1) is 0 Å². The number of hydrogen-bond acceptors (Lipinski definition) is 5. The fraction of sp³-hybridized carbons (Fsp3) is 0.500. The molecule has 0 spiro atoms. The molecule has 0 unspecified atom stereocenters. The van der Waals surface area contributed by atoms with Crippen LogP contribution >= 0.6 is 0 Å². The van der Waals surface area contributed by atoms with Crippen LogP contribution in [0.2, 0.25) is 0 Å². The molecule has 0 aromatic carbocycles. The van der Waals surface area contributed by atoms with Gasteiger partial charge in [-0.25, -0.2) is 5.84 Å². The highest BCUT2D eigenvalue weighted by Gasteiger charge is 2.17. The van der Waals surface area contributed by atoms with Crippen LogP contribution in [0, 0.1) is 0 Å². The minimum Gasteiger partial charge on any atom is -0.459 e. The van der Waals surface area contributed by atoms with Gasteiger partial charge in [0.1, 0.15) is 0 Å². The SMILES string of the molecule is CCCCN(CC(N)=O)Cc1ccoc1C(=O)NN. The lowest BCUT2D eigenvalue weighted by Gasteiger charge is -2.20. The summed E-state index contributed by atoms with van der Waals surface area (Å²) in [5.74, 6) is 4.35. The normalized spacial score (nSPS) is 10.7. The van der Waals surface area contributed by atoms with Gasteiger partial charge in [0.15, 0.2) is 5.76 Å². The van der Waals surface area contributed by atoms with Gasteiger partial charge in [-0.1, -0.05) is 13.3 Å². The van der Waals surface area contributed by atoms with Gasteiger partial charge in [0, 0.05) is 12.1 Å². The Hall–Kier alpha value is -1.86. The lowest BCUT2D eigenvalue weighted by atomic mass is 10.2. The first-order chi connectivity index (χ1) is 9.08. The predicted octanol–water partition coefficient (Wildman–Crippen LogP) is -0.0295. The Morgan fingerprint density at radius 2 is 2.21 bits per heavy atom. The van der Waals surface area contributed by atoms with E-state index in [-0.39, 0.29) is 12.3 Å². The molecule has 0 bridgehead atoms. The molecule has 0 aliphatic heterocycles. The second kappa shape index (κ2) is 7.55. The number of carbonyl (C=O) groups excluding carboxylic acids is 2. The standard InChI is InChI=1S/C12H20N4O3/c1-2-3-5-16(8-10(13)17)7-9-4-6-19-11(9)12(18)15-14/h4,6H,2-3,5,7-8,14H2,1H3,(H2,13,17)(H,15,18). The van der Waals surface area contributed by atoms with Gasteiger partial charge >= 0.3 is 5.91 Å². The lowest BCUT2D eigenvalue weighted by molar-refractivity contribution is -0.119. The largest absolute Gasteiger partial charge is 0.459 e. The number of nitrogens with zero attached hydrogens (tertiary/aromatic N) is 1. The molecule has 0 saturated heterocycles. The number of nitrogens with one attached hydrogen (secondary N) is 1. The van der Waals surface area contributed by atoms with Crippen molar-refractivity contribution < 1.29 is 14.0 Å². The van der Waals surface area contributed by atoms with Gasteiger partial charge in [0.25, 0.3) is 0 Å². The summed E-state index contributed by atoms with van der Waals surface area (Å²) in [5, 5.41) is 0. The number of furan rings is 1. The Morgan fingerprint density at radius 3 is 2.79 bits per heavy atom. The minimum atomic E-state index is -0.491. The Labute approximate surface area is 111 Å². The van der Waals surface area contributed by atoms with Crippen LogP contribution in [0.4, 0.5) is 0 Å². The van der Waals surface area contributed by atoms with Crippen molar-refractivity contribution in [2.24, 2.45) is 11.6 Å². The molecule has 1 rings (SSSR count). The second-order valence-electron chi connectivity index (χ2n) is 4.28. The first-order valence-electron chi connectivity index (χ1n) is 6.16. The van der Waals surface area contributed by atoms with Gasteiger partial charge in [-0.3, -0.25) is 19.9 Å². The van der Waals surface area contributed by atoms with E-state index in [0.717, 1.165) is 19.4 Å². The maximum absolute atomic E-state index is 11.5. The molecule has 106 valence electrons. The quantitative estimate of drug-likeness (QED) is 0.348. The maximum atomic E-state index is 11.5. The zero-order valence-corrected chi connectivity index (χ0v) is 11.0. The van der Waals surface area contributed by atoms with Crippen molar-refractivity contribution in [1.82, 2.24) is 10.3 Å². The summed E-state index contributed by atoms with van der Waals surface area (Å²) in [6.45, 7) is 3.36. The highest BCUT2D eigenvalue weighted by Crippen LogP contribution is 2.13. The molecule has 1 aromatic heterocycles. The van der Waals surface area contributed by atoms with Crippen LogP contribution in [-0.2, 0) is 11.3 Å². The molecule has 2 amide bonds. The molecular formula is C12H20N4O3. The summed E-state index contributed by atoms with van der Waals surface area (Å²) in [4.78, 5) is 24.4. The van der Waals surface area contributed by atoms with Crippen LogP contribution in [0.3, 0.4) is 0 Å². The fourth-order valence-corrected chi connectivity index (χ4v) is 1.78. The Balaban J connectivity index is 2.74. The van der Waals surface area contributed by atoms with E-state index >= 15 is 0 Å². The highest BCUT2D eigenvalue weighted by atomic mass is 16.3. The first kappa shape index (κ1) is 15.2. The molecule has 7 heteroatoms. The van der Waals surface area contributed by atoms with Crippen LogP contribution in [0.5, 0.6) is 0 Å². The third kappa shape index (κ3) is 4.72. The summed E-state index contributed by atoms with van der Waals surface area (Å²) in [6, 6.07) is 1.69. The van der Waals surface area contributed by atoms with E-state index in [2.05, 4.69) is 6.92 Å². The molecule has 0 aliphatic carbocycles. The molecule has 0 aliphatic rings. The van der Waals surface area contributed by atoms with Gasteiger partial charge in [-0.05, 0) is 19.0 Å². The van der Waals surface area contributed by atoms with E-state index in [4.69, 9.17) is 16.0 Å². The lowest BCUT2D eigenvalue weighted by Crippen LogP contribution is -2.35. The van der Waals surface area contributed by atoms with Crippen molar-refractivity contribution in [3.63, 3.8) is 0 Å². The third-order valence-corrected chi connectivity index (χ3v) is 2.69. The smallest absolute Gasteiger partial charge is 0.301 e. The molecule has 1 aromatic rings. The van der Waals surface area contributed by atoms with Gasteiger partial charge in [0.05, 0.1) is 12.8 Å².